The molecule has 0 atom stereocenters. The van der Waals surface area contributed by atoms with Crippen molar-refractivity contribution in [1.29, 1.82) is 0 Å². The van der Waals surface area contributed by atoms with Gasteiger partial charge in [-0.15, -0.1) is 0 Å². The van der Waals surface area contributed by atoms with Crippen LogP contribution in [0.4, 0.5) is 10.5 Å². The fourth-order valence-corrected chi connectivity index (χ4v) is 2.43. The molecule has 3 nitrogen and oxygen atoms in total. The van der Waals surface area contributed by atoms with E-state index in [2.05, 4.69) is 0 Å². The second kappa shape index (κ2) is 4.96. The molecule has 1 aliphatic rings. The number of hydrogen-bond acceptors (Lipinski definition) is 1. The molecule has 1 heterocycles. The van der Waals surface area contributed by atoms with Crippen LogP contribution in [0.5, 0.6) is 0 Å². The van der Waals surface area contributed by atoms with Crippen molar-refractivity contribution in [2.75, 3.05) is 24.5 Å². The van der Waals surface area contributed by atoms with Gasteiger partial charge >= 0.3 is 6.03 Å². The second-order valence-electron chi connectivity index (χ2n) is 4.13. The number of fused-ring (bicyclic) bond motifs is 1. The van der Waals surface area contributed by atoms with Gasteiger partial charge in [-0.05, 0) is 44.0 Å². The van der Waals surface area contributed by atoms with Crippen molar-refractivity contribution in [3.63, 3.8) is 0 Å². The van der Waals surface area contributed by atoms with E-state index in [-0.39, 0.29) is 6.03 Å². The summed E-state index contributed by atoms with van der Waals surface area (Å²) in [5.41, 5.74) is 2.17. The van der Waals surface area contributed by atoms with Gasteiger partial charge in [-0.2, -0.15) is 0 Å². The van der Waals surface area contributed by atoms with E-state index in [1.807, 2.05) is 41.8 Å². The van der Waals surface area contributed by atoms with Gasteiger partial charge in [0.05, 0.1) is 0 Å². The maximum absolute atomic E-state index is 12.3. The summed E-state index contributed by atoms with van der Waals surface area (Å²) in [6, 6.07) is 5.82. The molecule has 0 bridgehead atoms. The fraction of sp³-hybridized carbons (Fsp3) is 0.462. The van der Waals surface area contributed by atoms with Gasteiger partial charge in [-0.25, -0.2) is 4.79 Å². The van der Waals surface area contributed by atoms with Crippen LogP contribution in [0.1, 0.15) is 19.4 Å². The number of nitrogens with zero attached hydrogens (tertiary/aromatic N) is 2. The average Bonchev–Trinajstić information content (AvgIpc) is 2.73. The smallest absolute Gasteiger partial charge is 0.324 e. The minimum atomic E-state index is 0.0936. The molecule has 1 aliphatic heterocycles. The van der Waals surface area contributed by atoms with Gasteiger partial charge < -0.3 is 4.90 Å². The van der Waals surface area contributed by atoms with Crippen molar-refractivity contribution in [2.45, 2.75) is 20.3 Å². The molecule has 1 aromatic carbocycles. The van der Waals surface area contributed by atoms with Crippen LogP contribution in [0, 0.1) is 0 Å². The molecule has 2 rings (SSSR count). The SMILES string of the molecule is CCN(CC)C(=O)N1CCc2cc(Cl)ccc21. The number of carbonyl (C=O) groups is 1. The van der Waals surface area contributed by atoms with E-state index < -0.39 is 0 Å². The molecule has 1 aromatic rings. The van der Waals surface area contributed by atoms with Crippen LogP contribution in [-0.2, 0) is 6.42 Å². The fourth-order valence-electron chi connectivity index (χ4n) is 2.23. The lowest BCUT2D eigenvalue weighted by atomic mass is 10.2. The second-order valence-corrected chi connectivity index (χ2v) is 4.57. The summed E-state index contributed by atoms with van der Waals surface area (Å²) in [6.07, 6.45) is 0.892. The lowest BCUT2D eigenvalue weighted by Crippen LogP contribution is -2.42. The van der Waals surface area contributed by atoms with Gasteiger partial charge in [-0.3, -0.25) is 4.90 Å². The Hall–Kier alpha value is -1.22. The Bertz CT molecular complexity index is 429. The average molecular weight is 253 g/mol. The third-order valence-corrected chi connectivity index (χ3v) is 3.44. The Balaban J connectivity index is 2.24. The van der Waals surface area contributed by atoms with Crippen LogP contribution in [0.3, 0.4) is 0 Å². The molecular formula is C13H17ClN2O. The third kappa shape index (κ3) is 2.25. The topological polar surface area (TPSA) is 23.6 Å². The summed E-state index contributed by atoms with van der Waals surface area (Å²) in [7, 11) is 0. The quantitative estimate of drug-likeness (QED) is 0.793. The highest BCUT2D eigenvalue weighted by molar-refractivity contribution is 6.30. The van der Waals surface area contributed by atoms with Gasteiger partial charge in [0.25, 0.3) is 0 Å². The Kier molecular flexibility index (Phi) is 3.57. The summed E-state index contributed by atoms with van der Waals surface area (Å²) >= 11 is 5.95. The molecule has 0 saturated heterocycles. The lowest BCUT2D eigenvalue weighted by molar-refractivity contribution is 0.210. The van der Waals surface area contributed by atoms with Crippen molar-refractivity contribution < 1.29 is 4.79 Å². The Morgan fingerprint density at radius 2 is 2.12 bits per heavy atom. The maximum atomic E-state index is 12.3. The van der Waals surface area contributed by atoms with Gasteiger partial charge in [0.2, 0.25) is 0 Å². The van der Waals surface area contributed by atoms with Crippen molar-refractivity contribution in [2.24, 2.45) is 0 Å². The first-order chi connectivity index (χ1) is 8.17. The van der Waals surface area contributed by atoms with Gasteiger partial charge in [-0.1, -0.05) is 11.6 Å². The number of carbonyl (C=O) groups excluding carboxylic acids is 1. The molecule has 0 N–H and O–H groups in total. The van der Waals surface area contributed by atoms with E-state index in [0.29, 0.717) is 0 Å². The van der Waals surface area contributed by atoms with Crippen molar-refractivity contribution in [3.05, 3.63) is 28.8 Å². The van der Waals surface area contributed by atoms with Gasteiger partial charge in [0.1, 0.15) is 0 Å². The summed E-state index contributed by atoms with van der Waals surface area (Å²) in [5.74, 6) is 0. The number of benzene rings is 1. The monoisotopic (exact) mass is 252 g/mol. The van der Waals surface area contributed by atoms with Crippen molar-refractivity contribution in [3.8, 4) is 0 Å². The summed E-state index contributed by atoms with van der Waals surface area (Å²) in [5, 5.41) is 0.737. The molecule has 2 amide bonds. The molecule has 0 aromatic heterocycles. The first-order valence-corrected chi connectivity index (χ1v) is 6.40. The van der Waals surface area contributed by atoms with Crippen molar-refractivity contribution >= 4 is 23.3 Å². The van der Waals surface area contributed by atoms with Crippen LogP contribution in [-0.4, -0.2) is 30.6 Å². The summed E-state index contributed by atoms with van der Waals surface area (Å²) in [4.78, 5) is 16.0. The number of urea groups is 1. The largest absolute Gasteiger partial charge is 0.325 e. The highest BCUT2D eigenvalue weighted by Gasteiger charge is 2.27. The molecule has 0 spiro atoms. The first kappa shape index (κ1) is 12.2. The number of rotatable bonds is 2. The minimum absolute atomic E-state index is 0.0936. The van der Waals surface area contributed by atoms with Crippen LogP contribution in [0.25, 0.3) is 0 Å². The van der Waals surface area contributed by atoms with Crippen LogP contribution in [0.2, 0.25) is 5.02 Å². The predicted octanol–water partition coefficient (Wildman–Crippen LogP) is 3.16. The Morgan fingerprint density at radius 1 is 1.41 bits per heavy atom. The minimum Gasteiger partial charge on any atom is -0.325 e. The van der Waals surface area contributed by atoms with Crippen LogP contribution < -0.4 is 4.90 Å². The Labute approximate surface area is 107 Å². The number of anilines is 1. The standard InChI is InChI=1S/C13H17ClN2O/c1-3-15(4-2)13(17)16-8-7-10-9-11(14)5-6-12(10)16/h5-6,9H,3-4,7-8H2,1-2H3. The number of halogens is 1. The molecule has 17 heavy (non-hydrogen) atoms. The predicted molar refractivity (Wildman–Crippen MR) is 70.8 cm³/mol. The van der Waals surface area contributed by atoms with E-state index in [0.717, 1.165) is 42.3 Å². The molecule has 4 heteroatoms. The van der Waals surface area contributed by atoms with E-state index in [1.54, 1.807) is 0 Å². The maximum Gasteiger partial charge on any atom is 0.324 e. The highest BCUT2D eigenvalue weighted by atomic mass is 35.5. The molecule has 0 unspecified atom stereocenters. The van der Waals surface area contributed by atoms with Crippen LogP contribution >= 0.6 is 11.6 Å². The lowest BCUT2D eigenvalue weighted by Gasteiger charge is -2.26. The molecule has 0 aliphatic carbocycles. The van der Waals surface area contributed by atoms with Crippen LogP contribution in [0.15, 0.2) is 18.2 Å². The Morgan fingerprint density at radius 3 is 2.76 bits per heavy atom. The normalized spacial score (nSPS) is 13.7. The molecule has 92 valence electrons. The zero-order chi connectivity index (χ0) is 12.4. The molecular weight excluding hydrogens is 236 g/mol. The zero-order valence-corrected chi connectivity index (χ0v) is 11.0. The van der Waals surface area contributed by atoms with E-state index in [9.17, 15) is 4.79 Å². The highest BCUT2D eigenvalue weighted by Crippen LogP contribution is 2.30. The van der Waals surface area contributed by atoms with Gasteiger partial charge in [0, 0.05) is 30.3 Å². The summed E-state index contributed by atoms with van der Waals surface area (Å²) in [6.45, 7) is 6.25. The molecule has 0 radical (unpaired) electrons. The first-order valence-electron chi connectivity index (χ1n) is 6.02. The van der Waals surface area contributed by atoms with Crippen molar-refractivity contribution in [1.82, 2.24) is 4.90 Å². The van der Waals surface area contributed by atoms with Gasteiger partial charge in [0.15, 0.2) is 0 Å². The molecule has 0 saturated carbocycles. The van der Waals surface area contributed by atoms with E-state index in [4.69, 9.17) is 11.6 Å². The van der Waals surface area contributed by atoms with E-state index >= 15 is 0 Å². The number of amides is 2. The third-order valence-electron chi connectivity index (χ3n) is 3.20. The zero-order valence-electron chi connectivity index (χ0n) is 10.2. The summed E-state index contributed by atoms with van der Waals surface area (Å²) < 4.78 is 0. The number of hydrogen-bond donors (Lipinski definition) is 0. The molecule has 0 fully saturated rings. The van der Waals surface area contributed by atoms with E-state index in [1.165, 1.54) is 0 Å².